The van der Waals surface area contributed by atoms with E-state index in [1.165, 1.54) is 19.3 Å². The van der Waals surface area contributed by atoms with E-state index >= 15 is 0 Å². The molecule has 0 heterocycles. The van der Waals surface area contributed by atoms with Gasteiger partial charge in [-0.3, -0.25) is 4.79 Å². The predicted octanol–water partition coefficient (Wildman–Crippen LogP) is 1.42. The summed E-state index contributed by atoms with van der Waals surface area (Å²) in [5.74, 6) is 0.261. The van der Waals surface area contributed by atoms with Gasteiger partial charge in [0.15, 0.2) is 0 Å². The molecule has 15 heavy (non-hydrogen) atoms. The highest BCUT2D eigenvalue weighted by Crippen LogP contribution is 2.44. The lowest BCUT2D eigenvalue weighted by Crippen LogP contribution is -2.44. The number of nitrogens with two attached hydrogens (primary N) is 1. The second-order valence-corrected chi connectivity index (χ2v) is 5.58. The molecule has 1 amide bonds. The van der Waals surface area contributed by atoms with Crippen molar-refractivity contribution in [3.05, 3.63) is 0 Å². The molecule has 3 heteroatoms. The summed E-state index contributed by atoms with van der Waals surface area (Å²) in [7, 11) is 0. The summed E-state index contributed by atoms with van der Waals surface area (Å²) in [5, 5.41) is 3.07. The lowest BCUT2D eigenvalue weighted by Gasteiger charge is -2.27. The van der Waals surface area contributed by atoms with Gasteiger partial charge in [-0.25, -0.2) is 0 Å². The van der Waals surface area contributed by atoms with E-state index in [1.54, 1.807) is 0 Å². The van der Waals surface area contributed by atoms with Gasteiger partial charge in [0.05, 0.1) is 5.92 Å². The van der Waals surface area contributed by atoms with Crippen LogP contribution in [0, 0.1) is 11.3 Å². The highest BCUT2D eigenvalue weighted by molar-refractivity contribution is 5.79. The van der Waals surface area contributed by atoms with Gasteiger partial charge in [-0.1, -0.05) is 19.8 Å². The topological polar surface area (TPSA) is 55.1 Å². The van der Waals surface area contributed by atoms with Crippen molar-refractivity contribution < 1.29 is 4.79 Å². The van der Waals surface area contributed by atoms with Crippen molar-refractivity contribution in [3.8, 4) is 0 Å². The van der Waals surface area contributed by atoms with Crippen LogP contribution in [0.25, 0.3) is 0 Å². The van der Waals surface area contributed by atoms with Gasteiger partial charge >= 0.3 is 0 Å². The fourth-order valence-electron chi connectivity index (χ4n) is 2.31. The molecule has 0 radical (unpaired) electrons. The first kappa shape index (κ1) is 10.9. The number of rotatable bonds is 3. The molecule has 2 saturated carbocycles. The van der Waals surface area contributed by atoms with Crippen molar-refractivity contribution in [1.82, 2.24) is 5.32 Å². The Labute approximate surface area is 91.8 Å². The SMILES string of the molecule is CC1(CNC(=O)C2CCCCC2N)CC1. The van der Waals surface area contributed by atoms with Crippen LogP contribution in [-0.4, -0.2) is 18.5 Å². The molecule has 0 saturated heterocycles. The maximum absolute atomic E-state index is 11.9. The van der Waals surface area contributed by atoms with E-state index in [4.69, 9.17) is 5.73 Å². The summed E-state index contributed by atoms with van der Waals surface area (Å²) in [5.41, 5.74) is 6.37. The fraction of sp³-hybridized carbons (Fsp3) is 0.917. The van der Waals surface area contributed by atoms with Crippen molar-refractivity contribution in [2.45, 2.75) is 51.5 Å². The van der Waals surface area contributed by atoms with Crippen LogP contribution in [0.5, 0.6) is 0 Å². The first-order valence-electron chi connectivity index (χ1n) is 6.14. The molecule has 0 aromatic carbocycles. The molecule has 2 atom stereocenters. The zero-order valence-corrected chi connectivity index (χ0v) is 9.59. The smallest absolute Gasteiger partial charge is 0.224 e. The molecule has 0 spiro atoms. The quantitative estimate of drug-likeness (QED) is 0.740. The molecule has 0 aromatic heterocycles. The van der Waals surface area contributed by atoms with E-state index in [1.807, 2.05) is 0 Å². The first-order valence-corrected chi connectivity index (χ1v) is 6.14. The minimum atomic E-state index is 0.0705. The third kappa shape index (κ3) is 2.71. The van der Waals surface area contributed by atoms with Crippen molar-refractivity contribution in [2.75, 3.05) is 6.54 Å². The highest BCUT2D eigenvalue weighted by atomic mass is 16.1. The van der Waals surface area contributed by atoms with Crippen molar-refractivity contribution in [3.63, 3.8) is 0 Å². The second-order valence-electron chi connectivity index (χ2n) is 5.58. The number of nitrogens with one attached hydrogen (secondary N) is 1. The van der Waals surface area contributed by atoms with E-state index in [-0.39, 0.29) is 17.9 Å². The van der Waals surface area contributed by atoms with E-state index in [2.05, 4.69) is 12.2 Å². The maximum atomic E-state index is 11.9. The molecule has 2 aliphatic rings. The summed E-state index contributed by atoms with van der Waals surface area (Å²) in [6.07, 6.45) is 6.83. The monoisotopic (exact) mass is 210 g/mol. The zero-order valence-electron chi connectivity index (χ0n) is 9.59. The van der Waals surface area contributed by atoms with E-state index in [0.717, 1.165) is 25.8 Å². The van der Waals surface area contributed by atoms with E-state index in [0.29, 0.717) is 5.41 Å². The molecule has 3 N–H and O–H groups in total. The Morgan fingerprint density at radius 1 is 1.40 bits per heavy atom. The van der Waals surface area contributed by atoms with Crippen LogP contribution >= 0.6 is 0 Å². The highest BCUT2D eigenvalue weighted by Gasteiger charge is 2.38. The summed E-state index contributed by atoms with van der Waals surface area (Å²) in [4.78, 5) is 11.9. The van der Waals surface area contributed by atoms with Crippen molar-refractivity contribution >= 4 is 5.91 Å². The van der Waals surface area contributed by atoms with Crippen LogP contribution in [0.4, 0.5) is 0 Å². The third-order valence-electron chi connectivity index (χ3n) is 3.95. The molecule has 2 rings (SSSR count). The summed E-state index contributed by atoms with van der Waals surface area (Å²) in [6.45, 7) is 3.07. The van der Waals surface area contributed by atoms with Crippen molar-refractivity contribution in [1.29, 1.82) is 0 Å². The van der Waals surface area contributed by atoms with Gasteiger partial charge in [0.1, 0.15) is 0 Å². The van der Waals surface area contributed by atoms with Gasteiger partial charge in [0, 0.05) is 12.6 Å². The zero-order chi connectivity index (χ0) is 10.9. The van der Waals surface area contributed by atoms with Gasteiger partial charge in [0.25, 0.3) is 0 Å². The van der Waals surface area contributed by atoms with Gasteiger partial charge in [-0.15, -0.1) is 0 Å². The predicted molar refractivity (Wildman–Crippen MR) is 60.3 cm³/mol. The van der Waals surface area contributed by atoms with Crippen LogP contribution in [-0.2, 0) is 4.79 Å². The molecule has 0 aliphatic heterocycles. The van der Waals surface area contributed by atoms with Gasteiger partial charge in [-0.05, 0) is 31.1 Å². The molecular weight excluding hydrogens is 188 g/mol. The lowest BCUT2D eigenvalue weighted by atomic mass is 9.84. The van der Waals surface area contributed by atoms with Crippen LogP contribution in [0.3, 0.4) is 0 Å². The number of hydrogen-bond donors (Lipinski definition) is 2. The van der Waals surface area contributed by atoms with Crippen LogP contribution in [0.2, 0.25) is 0 Å². The molecular formula is C12H22N2O. The first-order chi connectivity index (χ1) is 7.11. The Hall–Kier alpha value is -0.570. The number of carbonyl (C=O) groups excluding carboxylic acids is 1. The molecule has 2 fully saturated rings. The summed E-state index contributed by atoms with van der Waals surface area (Å²) < 4.78 is 0. The average Bonchev–Trinajstić information content (AvgIpc) is 2.95. The van der Waals surface area contributed by atoms with Crippen LogP contribution < -0.4 is 11.1 Å². The standard InChI is InChI=1S/C12H22N2O/c1-12(6-7-12)8-14-11(15)9-4-2-3-5-10(9)13/h9-10H,2-8,13H2,1H3,(H,14,15). The molecule has 2 unspecified atom stereocenters. The molecule has 86 valence electrons. The number of carbonyl (C=O) groups is 1. The van der Waals surface area contributed by atoms with Crippen molar-refractivity contribution in [2.24, 2.45) is 17.1 Å². The Kier molecular flexibility index (Phi) is 3.01. The summed E-state index contributed by atoms with van der Waals surface area (Å²) >= 11 is 0. The van der Waals surface area contributed by atoms with Gasteiger partial charge in [0.2, 0.25) is 5.91 Å². The average molecular weight is 210 g/mol. The largest absolute Gasteiger partial charge is 0.355 e. The molecule has 3 nitrogen and oxygen atoms in total. The second kappa shape index (κ2) is 4.12. The number of amides is 1. The third-order valence-corrected chi connectivity index (χ3v) is 3.95. The Balaban J connectivity index is 1.78. The number of hydrogen-bond acceptors (Lipinski definition) is 2. The molecule has 0 aromatic rings. The summed E-state index contributed by atoms with van der Waals surface area (Å²) in [6, 6.07) is 0.0887. The Bertz CT molecular complexity index is 248. The van der Waals surface area contributed by atoms with E-state index < -0.39 is 0 Å². The fourth-order valence-corrected chi connectivity index (χ4v) is 2.31. The minimum Gasteiger partial charge on any atom is -0.355 e. The van der Waals surface area contributed by atoms with Crippen LogP contribution in [0.1, 0.15) is 45.4 Å². The van der Waals surface area contributed by atoms with Gasteiger partial charge < -0.3 is 11.1 Å². The normalized spacial score (nSPS) is 33.5. The van der Waals surface area contributed by atoms with Crippen LogP contribution in [0.15, 0.2) is 0 Å². The minimum absolute atomic E-state index is 0.0705. The Morgan fingerprint density at radius 3 is 2.67 bits per heavy atom. The lowest BCUT2D eigenvalue weighted by molar-refractivity contribution is -0.126. The molecule has 2 aliphatic carbocycles. The van der Waals surface area contributed by atoms with E-state index in [9.17, 15) is 4.79 Å². The maximum Gasteiger partial charge on any atom is 0.224 e. The van der Waals surface area contributed by atoms with Gasteiger partial charge in [-0.2, -0.15) is 0 Å². The molecule has 0 bridgehead atoms. The Morgan fingerprint density at radius 2 is 2.07 bits per heavy atom.